The van der Waals surface area contributed by atoms with Crippen LogP contribution in [0.5, 0.6) is 0 Å². The van der Waals surface area contributed by atoms with E-state index in [1.165, 1.54) is 0 Å². The lowest BCUT2D eigenvalue weighted by atomic mass is 9.86. The first kappa shape index (κ1) is 12.1. The van der Waals surface area contributed by atoms with Crippen LogP contribution < -0.4 is 0 Å². The Kier molecular flexibility index (Phi) is 2.95. The van der Waals surface area contributed by atoms with Crippen LogP contribution in [0, 0.1) is 11.8 Å². The lowest BCUT2D eigenvalue weighted by Gasteiger charge is -2.39. The number of ether oxygens (including phenoxy) is 3. The molecule has 5 nitrogen and oxygen atoms in total. The molecule has 0 radical (unpaired) electrons. The summed E-state index contributed by atoms with van der Waals surface area (Å²) in [4.78, 5) is 23.3. The van der Waals surface area contributed by atoms with E-state index in [2.05, 4.69) is 0 Å². The summed E-state index contributed by atoms with van der Waals surface area (Å²) >= 11 is 0. The van der Waals surface area contributed by atoms with Crippen molar-refractivity contribution in [2.75, 3.05) is 6.61 Å². The van der Waals surface area contributed by atoms with Crippen molar-refractivity contribution in [1.29, 1.82) is 0 Å². The lowest BCUT2D eigenvalue weighted by molar-refractivity contribution is -0.234. The number of carbonyl (C=O) groups is 2. The molecule has 0 amide bonds. The monoisotopic (exact) mass is 240 g/mol. The number of carbonyl (C=O) groups excluding carboxylic acids is 2. The molecule has 0 N–H and O–H groups in total. The fraction of sp³-hybridized carbons (Fsp3) is 0.667. The Balaban J connectivity index is 2.18. The molecule has 0 aliphatic carbocycles. The summed E-state index contributed by atoms with van der Waals surface area (Å²) in [7, 11) is 0. The van der Waals surface area contributed by atoms with Gasteiger partial charge < -0.3 is 14.2 Å². The molecule has 2 aliphatic rings. The Labute approximate surface area is 99.7 Å². The third kappa shape index (κ3) is 1.84. The molecule has 0 spiro atoms. The highest BCUT2D eigenvalue weighted by atomic mass is 16.8. The molecule has 5 heteroatoms. The number of hydrogen-bond acceptors (Lipinski definition) is 5. The number of hydrogen-bond donors (Lipinski definition) is 0. The van der Waals surface area contributed by atoms with Crippen LogP contribution in [0.2, 0.25) is 0 Å². The van der Waals surface area contributed by atoms with Gasteiger partial charge in [-0.3, -0.25) is 4.79 Å². The summed E-state index contributed by atoms with van der Waals surface area (Å²) in [6.07, 6.45) is 2.28. The Morgan fingerprint density at radius 3 is 2.88 bits per heavy atom. The topological polar surface area (TPSA) is 61.8 Å². The maximum absolute atomic E-state index is 12.0. The second kappa shape index (κ2) is 4.14. The first-order chi connectivity index (χ1) is 8.00. The zero-order valence-corrected chi connectivity index (χ0v) is 10.1. The van der Waals surface area contributed by atoms with Gasteiger partial charge in [0.05, 0.1) is 18.6 Å². The maximum Gasteiger partial charge on any atom is 0.511 e. The Morgan fingerprint density at radius 1 is 1.53 bits per heavy atom. The lowest BCUT2D eigenvalue weighted by Crippen LogP contribution is -2.52. The van der Waals surface area contributed by atoms with E-state index in [9.17, 15) is 9.59 Å². The SMILES string of the molecule is CCOC(=O)O[C@@]12C=C[C@H](O1)[C@H](C)C(=O)[C@H]2C. The fourth-order valence-electron chi connectivity index (χ4n) is 2.21. The second-order valence-electron chi connectivity index (χ2n) is 4.36. The van der Waals surface area contributed by atoms with E-state index in [0.29, 0.717) is 0 Å². The third-order valence-corrected chi connectivity index (χ3v) is 3.32. The highest BCUT2D eigenvalue weighted by Gasteiger charge is 2.55. The maximum atomic E-state index is 12.0. The molecule has 0 aromatic rings. The molecule has 2 rings (SSSR count). The van der Waals surface area contributed by atoms with Crippen molar-refractivity contribution >= 4 is 11.9 Å². The summed E-state index contributed by atoms with van der Waals surface area (Å²) < 4.78 is 15.5. The molecule has 1 saturated heterocycles. The van der Waals surface area contributed by atoms with Crippen LogP contribution in [0.4, 0.5) is 4.79 Å². The summed E-state index contributed by atoms with van der Waals surface area (Å²) in [6, 6.07) is 0. The third-order valence-electron chi connectivity index (χ3n) is 3.32. The quantitative estimate of drug-likeness (QED) is 0.542. The minimum Gasteiger partial charge on any atom is -0.435 e. The van der Waals surface area contributed by atoms with E-state index in [1.807, 2.05) is 6.92 Å². The van der Waals surface area contributed by atoms with Gasteiger partial charge >= 0.3 is 6.16 Å². The van der Waals surface area contributed by atoms with E-state index in [1.54, 1.807) is 26.0 Å². The molecule has 17 heavy (non-hydrogen) atoms. The molecule has 0 saturated carbocycles. The van der Waals surface area contributed by atoms with Crippen LogP contribution in [0.25, 0.3) is 0 Å². The predicted molar refractivity (Wildman–Crippen MR) is 58.2 cm³/mol. The Bertz CT molecular complexity index is 375. The predicted octanol–water partition coefficient (Wildman–Crippen LogP) is 1.67. The van der Waals surface area contributed by atoms with Crippen molar-refractivity contribution < 1.29 is 23.8 Å². The highest BCUT2D eigenvalue weighted by Crippen LogP contribution is 2.42. The van der Waals surface area contributed by atoms with Gasteiger partial charge in [0.1, 0.15) is 5.78 Å². The van der Waals surface area contributed by atoms with E-state index >= 15 is 0 Å². The molecule has 1 fully saturated rings. The average Bonchev–Trinajstić information content (AvgIpc) is 2.68. The van der Waals surface area contributed by atoms with Gasteiger partial charge in [-0.1, -0.05) is 13.0 Å². The average molecular weight is 240 g/mol. The molecule has 2 bridgehead atoms. The minimum atomic E-state index is -1.28. The molecule has 0 aromatic carbocycles. The van der Waals surface area contributed by atoms with Gasteiger partial charge in [-0.25, -0.2) is 4.79 Å². The molecule has 4 atom stereocenters. The number of rotatable bonds is 2. The Morgan fingerprint density at radius 2 is 2.24 bits per heavy atom. The molecular formula is C12H16O5. The first-order valence-corrected chi connectivity index (χ1v) is 5.77. The smallest absolute Gasteiger partial charge is 0.435 e. The normalized spacial score (nSPS) is 39.2. The van der Waals surface area contributed by atoms with Crippen molar-refractivity contribution in [3.8, 4) is 0 Å². The van der Waals surface area contributed by atoms with Crippen molar-refractivity contribution in [2.45, 2.75) is 32.7 Å². The highest BCUT2D eigenvalue weighted by molar-refractivity contribution is 5.86. The molecule has 94 valence electrons. The van der Waals surface area contributed by atoms with Crippen LogP contribution in [0.15, 0.2) is 12.2 Å². The molecule has 2 heterocycles. The van der Waals surface area contributed by atoms with Crippen LogP contribution >= 0.6 is 0 Å². The summed E-state index contributed by atoms with van der Waals surface area (Å²) in [6.45, 7) is 5.42. The van der Waals surface area contributed by atoms with Gasteiger partial charge in [0, 0.05) is 5.92 Å². The zero-order chi connectivity index (χ0) is 12.6. The number of ketones is 1. The number of Topliss-reactive ketones (excluding diaryl/α,β-unsaturated/α-hetero) is 1. The minimum absolute atomic E-state index is 0.0375. The van der Waals surface area contributed by atoms with Gasteiger partial charge in [0.25, 0.3) is 0 Å². The van der Waals surface area contributed by atoms with Crippen LogP contribution in [0.1, 0.15) is 20.8 Å². The van der Waals surface area contributed by atoms with Gasteiger partial charge in [-0.05, 0) is 19.9 Å². The standard InChI is InChI=1S/C12H16O5/c1-4-15-11(14)17-12-6-5-9(16-12)7(2)10(13)8(12)3/h5-9H,4H2,1-3H3/t7-,8+,9-,12+/m0/s1. The molecule has 2 aliphatic heterocycles. The molecule has 0 aromatic heterocycles. The van der Waals surface area contributed by atoms with E-state index in [4.69, 9.17) is 14.2 Å². The van der Waals surface area contributed by atoms with Crippen LogP contribution in [0.3, 0.4) is 0 Å². The summed E-state index contributed by atoms with van der Waals surface area (Å²) in [5, 5.41) is 0. The van der Waals surface area contributed by atoms with Crippen LogP contribution in [-0.4, -0.2) is 30.4 Å². The number of fused-ring (bicyclic) bond motifs is 2. The van der Waals surface area contributed by atoms with Crippen molar-refractivity contribution in [1.82, 2.24) is 0 Å². The molecule has 0 unspecified atom stereocenters. The first-order valence-electron chi connectivity index (χ1n) is 5.77. The van der Waals surface area contributed by atoms with E-state index in [0.717, 1.165) is 0 Å². The van der Waals surface area contributed by atoms with Crippen molar-refractivity contribution in [2.24, 2.45) is 11.8 Å². The van der Waals surface area contributed by atoms with Gasteiger partial charge in [-0.2, -0.15) is 0 Å². The van der Waals surface area contributed by atoms with E-state index in [-0.39, 0.29) is 24.4 Å². The van der Waals surface area contributed by atoms with Crippen molar-refractivity contribution in [3.05, 3.63) is 12.2 Å². The zero-order valence-electron chi connectivity index (χ0n) is 10.1. The summed E-state index contributed by atoms with van der Waals surface area (Å²) in [5.41, 5.74) is 0. The van der Waals surface area contributed by atoms with Gasteiger partial charge in [-0.15, -0.1) is 0 Å². The van der Waals surface area contributed by atoms with E-state index < -0.39 is 17.9 Å². The van der Waals surface area contributed by atoms with Gasteiger partial charge in [0.2, 0.25) is 5.79 Å². The van der Waals surface area contributed by atoms with Crippen LogP contribution in [-0.2, 0) is 19.0 Å². The van der Waals surface area contributed by atoms with Crippen molar-refractivity contribution in [3.63, 3.8) is 0 Å². The molecular weight excluding hydrogens is 224 g/mol. The summed E-state index contributed by atoms with van der Waals surface area (Å²) in [5.74, 6) is -1.96. The van der Waals surface area contributed by atoms with Gasteiger partial charge in [0.15, 0.2) is 0 Å². The second-order valence-corrected chi connectivity index (χ2v) is 4.36. The fourth-order valence-corrected chi connectivity index (χ4v) is 2.21. The largest absolute Gasteiger partial charge is 0.511 e. The Hall–Kier alpha value is -1.36.